The van der Waals surface area contributed by atoms with Crippen LogP contribution in [0.25, 0.3) is 0 Å². The third-order valence-corrected chi connectivity index (χ3v) is 7.31. The molecule has 0 aromatic heterocycles. The average Bonchev–Trinajstić information content (AvgIpc) is 3.09. The molecule has 6 aromatic rings. The molecule has 0 amide bonds. The number of rotatable bonds is 9. The molecule has 0 spiro atoms. The van der Waals surface area contributed by atoms with Gasteiger partial charge in [0, 0.05) is 22.3 Å². The van der Waals surface area contributed by atoms with Gasteiger partial charge in [0.1, 0.15) is 12.1 Å². The zero-order chi connectivity index (χ0) is 28.4. The fraction of sp³-hybridized carbons (Fsp3) is 0.0500. The maximum absolute atomic E-state index is 5.61. The molecule has 0 aliphatic rings. The Labute approximate surface area is 248 Å². The van der Waals surface area contributed by atoms with Crippen molar-refractivity contribution in [1.82, 2.24) is 0 Å². The summed E-state index contributed by atoms with van der Waals surface area (Å²) < 4.78 is 0. The van der Waals surface area contributed by atoms with Crippen LogP contribution in [0.1, 0.15) is 45.5 Å². The quantitative estimate of drug-likeness (QED) is 0.163. The van der Waals surface area contributed by atoms with Gasteiger partial charge < -0.3 is 0 Å². The Balaban J connectivity index is 1.62. The fourth-order valence-electron chi connectivity index (χ4n) is 5.25. The molecule has 2 heteroatoms. The molecule has 0 heterocycles. The predicted octanol–water partition coefficient (Wildman–Crippen LogP) is 9.54. The first-order valence-electron chi connectivity index (χ1n) is 14.3. The van der Waals surface area contributed by atoms with E-state index < -0.39 is 0 Å². The maximum Gasteiger partial charge on any atom is 0.102 e. The minimum absolute atomic E-state index is 0.286. The highest BCUT2D eigenvalue weighted by molar-refractivity contribution is 6.14. The Hall–Kier alpha value is -5.34. The van der Waals surface area contributed by atoms with E-state index in [0.29, 0.717) is 0 Å². The van der Waals surface area contributed by atoms with Gasteiger partial charge in [-0.1, -0.05) is 182 Å². The Morgan fingerprint density at radius 3 is 0.738 bits per heavy atom. The normalized spacial score (nSPS) is 12.1. The molecule has 6 rings (SSSR count). The molecule has 0 fully saturated rings. The van der Waals surface area contributed by atoms with Gasteiger partial charge in [-0.15, -0.1) is 0 Å². The van der Waals surface area contributed by atoms with Crippen molar-refractivity contribution in [3.8, 4) is 0 Å². The summed E-state index contributed by atoms with van der Waals surface area (Å²) >= 11 is 0. The van der Waals surface area contributed by atoms with E-state index in [9.17, 15) is 0 Å². The number of aliphatic imine (C=N–C) groups is 2. The molecule has 6 aromatic carbocycles. The highest BCUT2D eigenvalue weighted by Crippen LogP contribution is 2.38. The van der Waals surface area contributed by atoms with E-state index in [1.807, 2.05) is 24.3 Å². The summed E-state index contributed by atoms with van der Waals surface area (Å²) in [5.74, 6) is 0. The van der Waals surface area contributed by atoms with Crippen molar-refractivity contribution >= 4 is 11.4 Å². The lowest BCUT2D eigenvalue weighted by Crippen LogP contribution is -2.15. The van der Waals surface area contributed by atoms with Gasteiger partial charge in [0.05, 0.1) is 11.4 Å². The molecule has 0 saturated carbocycles. The first-order valence-corrected chi connectivity index (χ1v) is 14.3. The van der Waals surface area contributed by atoms with E-state index in [1.165, 1.54) is 0 Å². The van der Waals surface area contributed by atoms with Crippen molar-refractivity contribution in [3.63, 3.8) is 0 Å². The van der Waals surface area contributed by atoms with Gasteiger partial charge in [-0.2, -0.15) is 0 Å². The monoisotopic (exact) mass is 540 g/mol. The van der Waals surface area contributed by atoms with Crippen molar-refractivity contribution in [2.75, 3.05) is 0 Å². The van der Waals surface area contributed by atoms with Crippen molar-refractivity contribution < 1.29 is 0 Å². The summed E-state index contributed by atoms with van der Waals surface area (Å²) in [6.45, 7) is 0. The number of hydrogen-bond donors (Lipinski definition) is 0. The molecule has 202 valence electrons. The SMILES string of the molecule is c1ccc(C(=N[C@H](c2ccccc2)[C@@H](N=C(c2ccccc2)c2ccccc2)c2ccccc2)c2ccccc2)cc1. The highest BCUT2D eigenvalue weighted by atomic mass is 14.9. The molecule has 0 N–H and O–H groups in total. The van der Waals surface area contributed by atoms with Gasteiger partial charge in [-0.25, -0.2) is 0 Å². The van der Waals surface area contributed by atoms with E-state index >= 15 is 0 Å². The molecule has 0 unspecified atom stereocenters. The van der Waals surface area contributed by atoms with Crippen LogP contribution in [0.15, 0.2) is 192 Å². The molecule has 0 saturated heterocycles. The van der Waals surface area contributed by atoms with Crippen LogP contribution in [0, 0.1) is 0 Å². The van der Waals surface area contributed by atoms with E-state index in [4.69, 9.17) is 9.98 Å². The maximum atomic E-state index is 5.61. The Kier molecular flexibility index (Phi) is 8.53. The molecule has 0 aliphatic heterocycles. The summed E-state index contributed by atoms with van der Waals surface area (Å²) in [6, 6.07) is 62.4. The third-order valence-electron chi connectivity index (χ3n) is 7.31. The molecule has 0 aliphatic carbocycles. The first kappa shape index (κ1) is 26.9. The minimum atomic E-state index is -0.286. The molecular weight excluding hydrogens is 508 g/mol. The molecule has 0 radical (unpaired) electrons. The van der Waals surface area contributed by atoms with Gasteiger partial charge in [0.15, 0.2) is 0 Å². The van der Waals surface area contributed by atoms with Crippen LogP contribution in [0.4, 0.5) is 0 Å². The summed E-state index contributed by atoms with van der Waals surface area (Å²) in [4.78, 5) is 11.2. The lowest BCUT2D eigenvalue weighted by molar-refractivity contribution is 0.580. The van der Waals surface area contributed by atoms with Gasteiger partial charge in [-0.05, 0) is 11.1 Å². The van der Waals surface area contributed by atoms with Crippen LogP contribution < -0.4 is 0 Å². The van der Waals surface area contributed by atoms with Crippen LogP contribution in [0.5, 0.6) is 0 Å². The van der Waals surface area contributed by atoms with Gasteiger partial charge >= 0.3 is 0 Å². The molecular formula is C40H32N2. The zero-order valence-corrected chi connectivity index (χ0v) is 23.4. The topological polar surface area (TPSA) is 24.7 Å². The zero-order valence-electron chi connectivity index (χ0n) is 23.4. The summed E-state index contributed by atoms with van der Waals surface area (Å²) in [6.07, 6.45) is 0. The van der Waals surface area contributed by atoms with Crippen molar-refractivity contribution in [2.45, 2.75) is 12.1 Å². The van der Waals surface area contributed by atoms with Gasteiger partial charge in [0.25, 0.3) is 0 Å². The van der Waals surface area contributed by atoms with Crippen LogP contribution in [0.3, 0.4) is 0 Å². The lowest BCUT2D eigenvalue weighted by atomic mass is 9.92. The second-order valence-corrected chi connectivity index (χ2v) is 10.1. The molecule has 0 bridgehead atoms. The first-order chi connectivity index (χ1) is 20.9. The average molecular weight is 541 g/mol. The lowest BCUT2D eigenvalue weighted by Gasteiger charge is -2.25. The highest BCUT2D eigenvalue weighted by Gasteiger charge is 2.27. The Morgan fingerprint density at radius 1 is 0.286 bits per heavy atom. The van der Waals surface area contributed by atoms with Crippen molar-refractivity contribution in [1.29, 1.82) is 0 Å². The summed E-state index contributed by atoms with van der Waals surface area (Å²) in [7, 11) is 0. The van der Waals surface area contributed by atoms with Crippen LogP contribution in [-0.2, 0) is 0 Å². The predicted molar refractivity (Wildman–Crippen MR) is 175 cm³/mol. The largest absolute Gasteiger partial charge is 0.273 e. The van der Waals surface area contributed by atoms with Crippen LogP contribution >= 0.6 is 0 Å². The molecule has 2 atom stereocenters. The van der Waals surface area contributed by atoms with E-state index in [-0.39, 0.29) is 12.1 Å². The second kappa shape index (κ2) is 13.3. The van der Waals surface area contributed by atoms with E-state index in [1.54, 1.807) is 0 Å². The molecule has 2 nitrogen and oxygen atoms in total. The van der Waals surface area contributed by atoms with Crippen LogP contribution in [0.2, 0.25) is 0 Å². The summed E-state index contributed by atoms with van der Waals surface area (Å²) in [5.41, 5.74) is 8.42. The number of benzene rings is 6. The second-order valence-electron chi connectivity index (χ2n) is 10.1. The van der Waals surface area contributed by atoms with E-state index in [0.717, 1.165) is 44.8 Å². The molecule has 42 heavy (non-hydrogen) atoms. The third kappa shape index (κ3) is 6.35. The summed E-state index contributed by atoms with van der Waals surface area (Å²) in [5, 5.41) is 0. The fourth-order valence-corrected chi connectivity index (χ4v) is 5.25. The smallest absolute Gasteiger partial charge is 0.102 e. The van der Waals surface area contributed by atoms with E-state index in [2.05, 4.69) is 158 Å². The number of hydrogen-bond acceptors (Lipinski definition) is 2. The Morgan fingerprint density at radius 2 is 0.500 bits per heavy atom. The van der Waals surface area contributed by atoms with Crippen LogP contribution in [-0.4, -0.2) is 11.4 Å². The van der Waals surface area contributed by atoms with Gasteiger partial charge in [-0.3, -0.25) is 9.98 Å². The van der Waals surface area contributed by atoms with Crippen molar-refractivity contribution in [3.05, 3.63) is 215 Å². The number of nitrogens with zero attached hydrogens (tertiary/aromatic N) is 2. The van der Waals surface area contributed by atoms with Crippen molar-refractivity contribution in [2.24, 2.45) is 9.98 Å². The van der Waals surface area contributed by atoms with Gasteiger partial charge in [0.2, 0.25) is 0 Å². The minimum Gasteiger partial charge on any atom is -0.273 e. The Bertz CT molecular complexity index is 1510. The standard InChI is InChI=1S/C40H32N2/c1-7-19-31(20-8-1)37(32-21-9-2-10-22-32)41-39(35-27-15-5-16-28-35)40(36-29-17-6-18-30-36)42-38(33-23-11-3-12-24-33)34-25-13-4-14-26-34/h1-30,39-40H/t39-,40+.